The van der Waals surface area contributed by atoms with Gasteiger partial charge in [0.25, 0.3) is 0 Å². The molecule has 0 bridgehead atoms. The molecule has 2 rings (SSSR count). The molecule has 162 valence electrons. The molecule has 0 radical (unpaired) electrons. The van der Waals surface area contributed by atoms with Crippen molar-refractivity contribution >= 4 is 11.4 Å². The highest BCUT2D eigenvalue weighted by Gasteiger charge is 2.15. The molecule has 2 nitrogen and oxygen atoms in total. The molecule has 0 N–H and O–H groups in total. The minimum atomic E-state index is 1.05. The van der Waals surface area contributed by atoms with Gasteiger partial charge in [0.2, 0.25) is 0 Å². The van der Waals surface area contributed by atoms with Crippen molar-refractivity contribution in [3.63, 3.8) is 0 Å². The molecule has 2 aromatic carbocycles. The summed E-state index contributed by atoms with van der Waals surface area (Å²) in [4.78, 5) is 0. The lowest BCUT2D eigenvalue weighted by Crippen LogP contribution is -2.00. The number of hydrogen-bond acceptors (Lipinski definition) is 2. The van der Waals surface area contributed by atoms with E-state index in [9.17, 15) is 0 Å². The lowest BCUT2D eigenvalue weighted by atomic mass is 9.92. The molecular weight excluding hydrogens is 364 g/mol. The molecule has 0 amide bonds. The van der Waals surface area contributed by atoms with Crippen LogP contribution >= 0.6 is 0 Å². The quantitative estimate of drug-likeness (QED) is 0.334. The molecule has 0 spiro atoms. The van der Waals surface area contributed by atoms with Crippen LogP contribution in [0.5, 0.6) is 0 Å². The molecule has 0 aliphatic carbocycles. The van der Waals surface area contributed by atoms with Gasteiger partial charge in [-0.15, -0.1) is 10.2 Å². The van der Waals surface area contributed by atoms with Crippen LogP contribution in [-0.4, -0.2) is 0 Å². The van der Waals surface area contributed by atoms with E-state index in [1.54, 1.807) is 0 Å². The second-order valence-electron chi connectivity index (χ2n) is 8.42. The van der Waals surface area contributed by atoms with E-state index < -0.39 is 0 Å². The standard InChI is InChI=1S/C28H40N2/c1-7-13-22-17-11-18-23(14-8-2)26(22)27(21(5)6)29-30-28-24(15-9-3)19-12-20-25(28)16-10-4/h11-12,17-20H,7-10,13-16H2,1-6H3. The Morgan fingerprint density at radius 2 is 1.03 bits per heavy atom. The molecule has 30 heavy (non-hydrogen) atoms. The molecule has 0 fully saturated rings. The first-order valence-corrected chi connectivity index (χ1v) is 11.9. The first kappa shape index (κ1) is 24.1. The topological polar surface area (TPSA) is 24.7 Å². The van der Waals surface area contributed by atoms with Crippen molar-refractivity contribution in [2.45, 2.75) is 92.9 Å². The summed E-state index contributed by atoms with van der Waals surface area (Å²) in [6, 6.07) is 13.3. The minimum Gasteiger partial charge on any atom is -0.150 e. The molecule has 0 atom stereocenters. The third-order valence-corrected chi connectivity index (χ3v) is 5.48. The van der Waals surface area contributed by atoms with E-state index in [1.165, 1.54) is 33.4 Å². The molecule has 0 saturated carbocycles. The van der Waals surface area contributed by atoms with Crippen LogP contribution in [0.3, 0.4) is 0 Å². The van der Waals surface area contributed by atoms with Gasteiger partial charge in [-0.2, -0.15) is 0 Å². The Morgan fingerprint density at radius 1 is 0.633 bits per heavy atom. The van der Waals surface area contributed by atoms with E-state index in [-0.39, 0.29) is 0 Å². The van der Waals surface area contributed by atoms with Crippen molar-refractivity contribution in [3.8, 4) is 0 Å². The van der Waals surface area contributed by atoms with Crippen LogP contribution in [-0.2, 0) is 25.7 Å². The highest BCUT2D eigenvalue weighted by molar-refractivity contribution is 5.72. The number of benzene rings is 2. The number of azo groups is 1. The van der Waals surface area contributed by atoms with E-state index in [0.29, 0.717) is 0 Å². The summed E-state index contributed by atoms with van der Waals surface area (Å²) >= 11 is 0. The Hall–Kier alpha value is -2.22. The first-order chi connectivity index (χ1) is 14.6. The molecule has 0 aliphatic rings. The van der Waals surface area contributed by atoms with Gasteiger partial charge in [0.15, 0.2) is 0 Å². The first-order valence-electron chi connectivity index (χ1n) is 11.9. The van der Waals surface area contributed by atoms with Gasteiger partial charge in [-0.05, 0) is 67.4 Å². The van der Waals surface area contributed by atoms with Crippen LogP contribution in [0.25, 0.3) is 5.70 Å². The van der Waals surface area contributed by atoms with Gasteiger partial charge in [0.1, 0.15) is 0 Å². The lowest BCUT2D eigenvalue weighted by Gasteiger charge is -2.16. The highest BCUT2D eigenvalue weighted by atomic mass is 15.1. The molecule has 0 heterocycles. The van der Waals surface area contributed by atoms with Gasteiger partial charge in [0.05, 0.1) is 11.4 Å². The Morgan fingerprint density at radius 3 is 1.43 bits per heavy atom. The summed E-state index contributed by atoms with van der Waals surface area (Å²) < 4.78 is 0. The fourth-order valence-electron chi connectivity index (χ4n) is 4.13. The molecule has 2 aromatic rings. The van der Waals surface area contributed by atoms with Gasteiger partial charge < -0.3 is 0 Å². The van der Waals surface area contributed by atoms with E-state index in [1.807, 2.05) is 0 Å². The Bertz CT molecular complexity index is 822. The maximum Gasteiger partial charge on any atom is 0.0921 e. The van der Waals surface area contributed by atoms with Crippen LogP contribution in [0.4, 0.5) is 5.69 Å². The maximum absolute atomic E-state index is 4.94. The zero-order chi connectivity index (χ0) is 21.9. The van der Waals surface area contributed by atoms with Crippen molar-refractivity contribution < 1.29 is 0 Å². The summed E-state index contributed by atoms with van der Waals surface area (Å²) in [6.45, 7) is 13.3. The Balaban J connectivity index is 2.61. The van der Waals surface area contributed by atoms with Crippen molar-refractivity contribution in [1.82, 2.24) is 0 Å². The molecule has 0 unspecified atom stereocenters. The summed E-state index contributed by atoms with van der Waals surface area (Å²) in [7, 11) is 0. The number of hydrogen-bond donors (Lipinski definition) is 0. The Labute approximate surface area is 184 Å². The smallest absolute Gasteiger partial charge is 0.0921 e. The fourth-order valence-corrected chi connectivity index (χ4v) is 4.13. The zero-order valence-electron chi connectivity index (χ0n) is 20.0. The SMILES string of the molecule is CCCc1cccc(CCC)c1N=NC(=C(C)C)c1c(CCC)cccc1CCC. The van der Waals surface area contributed by atoms with Crippen LogP contribution in [0.2, 0.25) is 0 Å². The lowest BCUT2D eigenvalue weighted by molar-refractivity contribution is 0.883. The minimum absolute atomic E-state index is 1.05. The number of aryl methyl sites for hydroxylation is 4. The maximum atomic E-state index is 4.94. The second kappa shape index (κ2) is 12.5. The molecular formula is C28H40N2. The van der Waals surface area contributed by atoms with Crippen molar-refractivity contribution in [2.75, 3.05) is 0 Å². The van der Waals surface area contributed by atoms with E-state index in [2.05, 4.69) is 77.9 Å². The summed E-state index contributed by atoms with van der Waals surface area (Å²) in [5.74, 6) is 0. The summed E-state index contributed by atoms with van der Waals surface area (Å²) in [5, 5.41) is 9.85. The summed E-state index contributed by atoms with van der Waals surface area (Å²) in [5.41, 5.74) is 10.1. The largest absolute Gasteiger partial charge is 0.150 e. The average Bonchev–Trinajstić information content (AvgIpc) is 2.72. The second-order valence-corrected chi connectivity index (χ2v) is 8.42. The average molecular weight is 405 g/mol. The van der Waals surface area contributed by atoms with Crippen LogP contribution in [0.1, 0.15) is 95.0 Å². The third-order valence-electron chi connectivity index (χ3n) is 5.48. The Kier molecular flexibility index (Phi) is 10.00. The van der Waals surface area contributed by atoms with Crippen LogP contribution in [0.15, 0.2) is 52.2 Å². The van der Waals surface area contributed by atoms with E-state index in [4.69, 9.17) is 10.2 Å². The zero-order valence-corrected chi connectivity index (χ0v) is 20.0. The van der Waals surface area contributed by atoms with E-state index >= 15 is 0 Å². The van der Waals surface area contributed by atoms with Crippen LogP contribution in [0, 0.1) is 0 Å². The van der Waals surface area contributed by atoms with Crippen LogP contribution < -0.4 is 0 Å². The van der Waals surface area contributed by atoms with Crippen molar-refractivity contribution in [1.29, 1.82) is 0 Å². The third kappa shape index (κ3) is 6.14. The number of nitrogens with zero attached hydrogens (tertiary/aromatic N) is 2. The van der Waals surface area contributed by atoms with Gasteiger partial charge >= 0.3 is 0 Å². The highest BCUT2D eigenvalue weighted by Crippen LogP contribution is 2.33. The molecule has 2 heteroatoms. The van der Waals surface area contributed by atoms with Crippen molar-refractivity contribution in [3.05, 3.63) is 69.8 Å². The molecule has 0 aromatic heterocycles. The number of rotatable bonds is 11. The van der Waals surface area contributed by atoms with Gasteiger partial charge in [-0.25, -0.2) is 0 Å². The van der Waals surface area contributed by atoms with Gasteiger partial charge in [0, 0.05) is 5.56 Å². The normalized spacial score (nSPS) is 11.3. The predicted molar refractivity (Wildman–Crippen MR) is 132 cm³/mol. The predicted octanol–water partition coefficient (Wildman–Crippen LogP) is 9.03. The monoisotopic (exact) mass is 404 g/mol. The molecule has 0 aliphatic heterocycles. The van der Waals surface area contributed by atoms with E-state index in [0.717, 1.165) is 62.8 Å². The van der Waals surface area contributed by atoms with Gasteiger partial charge in [-0.1, -0.05) is 89.8 Å². The molecule has 0 saturated heterocycles. The fraction of sp³-hybridized carbons (Fsp3) is 0.500. The van der Waals surface area contributed by atoms with Gasteiger partial charge in [-0.3, -0.25) is 0 Å². The van der Waals surface area contributed by atoms with Crippen molar-refractivity contribution in [2.24, 2.45) is 10.2 Å². The number of allylic oxidation sites excluding steroid dienone is 1. The summed E-state index contributed by atoms with van der Waals surface area (Å²) in [6.07, 6.45) is 8.75.